The number of hydrogen-bond donors (Lipinski definition) is 0. The van der Waals surface area contributed by atoms with Crippen molar-refractivity contribution >= 4 is 11.6 Å². The molecule has 3 aliphatic rings. The molecule has 4 heteroatoms. The first-order chi connectivity index (χ1) is 10.7. The summed E-state index contributed by atoms with van der Waals surface area (Å²) in [6.07, 6.45) is 7.90. The van der Waals surface area contributed by atoms with E-state index in [4.69, 9.17) is 9.97 Å². The highest BCUT2D eigenvalue weighted by atomic mass is 15.3. The number of anilines is 2. The Labute approximate surface area is 133 Å². The van der Waals surface area contributed by atoms with E-state index in [1.165, 1.54) is 55.7 Å². The lowest BCUT2D eigenvalue weighted by atomic mass is 10.0. The molecule has 0 atom stereocenters. The zero-order valence-corrected chi connectivity index (χ0v) is 14.0. The summed E-state index contributed by atoms with van der Waals surface area (Å²) in [7, 11) is 0. The molecule has 0 spiro atoms. The van der Waals surface area contributed by atoms with E-state index in [0.717, 1.165) is 37.9 Å². The summed E-state index contributed by atoms with van der Waals surface area (Å²) >= 11 is 0. The van der Waals surface area contributed by atoms with Gasteiger partial charge in [-0.1, -0.05) is 19.8 Å². The molecule has 3 fully saturated rings. The van der Waals surface area contributed by atoms with Crippen LogP contribution >= 0.6 is 0 Å². The van der Waals surface area contributed by atoms with Crippen LogP contribution in [0, 0.1) is 12.8 Å². The Kier molecular flexibility index (Phi) is 3.71. The van der Waals surface area contributed by atoms with E-state index in [0.29, 0.717) is 5.92 Å². The van der Waals surface area contributed by atoms with Crippen molar-refractivity contribution in [2.75, 3.05) is 36.0 Å². The summed E-state index contributed by atoms with van der Waals surface area (Å²) < 4.78 is 0. The average Bonchev–Trinajstić information content (AvgIpc) is 3.31. The van der Waals surface area contributed by atoms with Gasteiger partial charge in [0.05, 0.1) is 0 Å². The van der Waals surface area contributed by atoms with Crippen LogP contribution in [0.25, 0.3) is 0 Å². The normalized spacial score (nSPS) is 23.4. The van der Waals surface area contributed by atoms with Gasteiger partial charge in [-0.2, -0.15) is 0 Å². The number of hydrogen-bond acceptors (Lipinski definition) is 4. The molecule has 1 saturated carbocycles. The van der Waals surface area contributed by atoms with Crippen LogP contribution in [0.3, 0.4) is 0 Å². The Bertz CT molecular complexity index is 538. The van der Waals surface area contributed by atoms with E-state index < -0.39 is 0 Å². The third kappa shape index (κ3) is 2.68. The van der Waals surface area contributed by atoms with Gasteiger partial charge in [-0.3, -0.25) is 0 Å². The molecule has 1 aliphatic carbocycles. The van der Waals surface area contributed by atoms with Gasteiger partial charge in [0, 0.05) is 37.7 Å². The molecule has 120 valence electrons. The predicted octanol–water partition coefficient (Wildman–Crippen LogP) is 3.50. The lowest BCUT2D eigenvalue weighted by Gasteiger charge is -2.40. The summed E-state index contributed by atoms with van der Waals surface area (Å²) in [5.74, 6) is 4.99. The van der Waals surface area contributed by atoms with Gasteiger partial charge >= 0.3 is 0 Å². The first kappa shape index (κ1) is 14.3. The third-order valence-corrected chi connectivity index (χ3v) is 5.32. The highest BCUT2D eigenvalue weighted by Gasteiger charge is 2.32. The van der Waals surface area contributed by atoms with Crippen molar-refractivity contribution in [2.24, 2.45) is 5.92 Å². The number of rotatable bonds is 3. The summed E-state index contributed by atoms with van der Waals surface area (Å²) in [5, 5.41) is 0. The van der Waals surface area contributed by atoms with Crippen molar-refractivity contribution in [2.45, 2.75) is 58.3 Å². The molecule has 0 unspecified atom stereocenters. The SMILES string of the molecule is Cc1c(N2CCCCCC2)nc(C2CC2)nc1N1CC(C)C1. The Morgan fingerprint density at radius 3 is 2.00 bits per heavy atom. The first-order valence-corrected chi connectivity index (χ1v) is 9.11. The van der Waals surface area contributed by atoms with Crippen molar-refractivity contribution in [3.63, 3.8) is 0 Å². The molecule has 0 radical (unpaired) electrons. The van der Waals surface area contributed by atoms with E-state index in [2.05, 4.69) is 23.6 Å². The molecule has 1 aromatic rings. The largest absolute Gasteiger partial charge is 0.356 e. The van der Waals surface area contributed by atoms with Crippen molar-refractivity contribution in [1.82, 2.24) is 9.97 Å². The molecule has 0 amide bonds. The van der Waals surface area contributed by atoms with Crippen molar-refractivity contribution < 1.29 is 0 Å². The third-order valence-electron chi connectivity index (χ3n) is 5.32. The maximum Gasteiger partial charge on any atom is 0.137 e. The lowest BCUT2D eigenvalue weighted by Crippen LogP contribution is -2.46. The van der Waals surface area contributed by atoms with E-state index in [1.54, 1.807) is 0 Å². The molecule has 0 bridgehead atoms. The molecule has 2 saturated heterocycles. The topological polar surface area (TPSA) is 32.3 Å². The summed E-state index contributed by atoms with van der Waals surface area (Å²) in [6, 6.07) is 0. The smallest absolute Gasteiger partial charge is 0.137 e. The van der Waals surface area contributed by atoms with Crippen LogP contribution in [0.2, 0.25) is 0 Å². The highest BCUT2D eigenvalue weighted by molar-refractivity contribution is 5.61. The molecule has 0 aromatic carbocycles. The van der Waals surface area contributed by atoms with Gasteiger partial charge in [0.15, 0.2) is 0 Å². The van der Waals surface area contributed by atoms with E-state index in [9.17, 15) is 0 Å². The van der Waals surface area contributed by atoms with Gasteiger partial charge in [0.2, 0.25) is 0 Å². The van der Waals surface area contributed by atoms with Gasteiger partial charge < -0.3 is 9.80 Å². The van der Waals surface area contributed by atoms with Crippen LogP contribution in [-0.2, 0) is 0 Å². The predicted molar refractivity (Wildman–Crippen MR) is 90.8 cm³/mol. The van der Waals surface area contributed by atoms with Gasteiger partial charge in [-0.05, 0) is 38.5 Å². The first-order valence-electron chi connectivity index (χ1n) is 9.11. The van der Waals surface area contributed by atoms with Crippen LogP contribution in [-0.4, -0.2) is 36.1 Å². The Morgan fingerprint density at radius 2 is 1.45 bits per heavy atom. The molecule has 4 rings (SSSR count). The quantitative estimate of drug-likeness (QED) is 0.855. The van der Waals surface area contributed by atoms with Crippen LogP contribution in [0.1, 0.15) is 62.8 Å². The summed E-state index contributed by atoms with van der Waals surface area (Å²) in [4.78, 5) is 14.9. The van der Waals surface area contributed by atoms with Gasteiger partial charge in [-0.25, -0.2) is 9.97 Å². The van der Waals surface area contributed by atoms with Crippen LogP contribution in [0.4, 0.5) is 11.6 Å². The van der Waals surface area contributed by atoms with Crippen molar-refractivity contribution in [3.8, 4) is 0 Å². The molecule has 4 nitrogen and oxygen atoms in total. The average molecular weight is 300 g/mol. The molecule has 0 N–H and O–H groups in total. The standard InChI is InChI=1S/C18H28N4/c1-13-11-22(12-13)18-14(2)17(19-16(20-18)15-7-8-15)21-9-5-3-4-6-10-21/h13,15H,3-12H2,1-2H3. The zero-order valence-electron chi connectivity index (χ0n) is 14.0. The number of nitrogens with zero attached hydrogens (tertiary/aromatic N) is 4. The Morgan fingerprint density at radius 1 is 0.864 bits per heavy atom. The minimum Gasteiger partial charge on any atom is -0.356 e. The molecular formula is C18H28N4. The van der Waals surface area contributed by atoms with Gasteiger partial charge in [0.25, 0.3) is 0 Å². The fourth-order valence-electron chi connectivity index (χ4n) is 3.80. The second-order valence-electron chi connectivity index (χ2n) is 7.54. The van der Waals surface area contributed by atoms with Crippen molar-refractivity contribution in [3.05, 3.63) is 11.4 Å². The molecule has 1 aromatic heterocycles. The van der Waals surface area contributed by atoms with Gasteiger partial charge in [0.1, 0.15) is 17.5 Å². The lowest BCUT2D eigenvalue weighted by molar-refractivity contribution is 0.441. The van der Waals surface area contributed by atoms with E-state index >= 15 is 0 Å². The van der Waals surface area contributed by atoms with Gasteiger partial charge in [-0.15, -0.1) is 0 Å². The van der Waals surface area contributed by atoms with Crippen LogP contribution in [0.5, 0.6) is 0 Å². The highest BCUT2D eigenvalue weighted by Crippen LogP contribution is 2.41. The second kappa shape index (κ2) is 5.71. The fourth-order valence-corrected chi connectivity index (χ4v) is 3.80. The molecular weight excluding hydrogens is 272 g/mol. The van der Waals surface area contributed by atoms with Crippen molar-refractivity contribution in [1.29, 1.82) is 0 Å². The number of aromatic nitrogens is 2. The van der Waals surface area contributed by atoms with E-state index in [1.807, 2.05) is 0 Å². The molecule has 22 heavy (non-hydrogen) atoms. The minimum atomic E-state index is 0.628. The second-order valence-corrected chi connectivity index (χ2v) is 7.54. The minimum absolute atomic E-state index is 0.628. The monoisotopic (exact) mass is 300 g/mol. The van der Waals surface area contributed by atoms with Crippen LogP contribution in [0.15, 0.2) is 0 Å². The Hall–Kier alpha value is -1.32. The fraction of sp³-hybridized carbons (Fsp3) is 0.778. The zero-order chi connectivity index (χ0) is 15.1. The Balaban J connectivity index is 1.69. The molecule has 3 heterocycles. The van der Waals surface area contributed by atoms with Crippen LogP contribution < -0.4 is 9.80 Å². The molecule has 2 aliphatic heterocycles. The maximum absolute atomic E-state index is 5.01. The van der Waals surface area contributed by atoms with E-state index in [-0.39, 0.29) is 0 Å². The maximum atomic E-state index is 5.01. The summed E-state index contributed by atoms with van der Waals surface area (Å²) in [6.45, 7) is 9.19. The summed E-state index contributed by atoms with van der Waals surface area (Å²) in [5.41, 5.74) is 1.30.